The number of nitrogens with zero attached hydrogens (tertiary/aromatic N) is 3. The number of piperazine rings is 1. The number of amides is 1. The van der Waals surface area contributed by atoms with Gasteiger partial charge < -0.3 is 15.1 Å². The van der Waals surface area contributed by atoms with Crippen LogP contribution in [-0.4, -0.2) is 55.1 Å². The Kier molecular flexibility index (Phi) is 4.01. The number of anilines is 1. The molecule has 2 saturated heterocycles. The summed E-state index contributed by atoms with van der Waals surface area (Å²) in [5.74, 6) is 1.17. The first-order chi connectivity index (χ1) is 9.65. The monoisotopic (exact) mass is 314 g/mol. The SMILES string of the molecule is O=C(C1CNC1)N1CCN(c2ncc(Cl)cc2Cl)CC1. The molecule has 7 heteroatoms. The van der Waals surface area contributed by atoms with Crippen molar-refractivity contribution in [3.05, 3.63) is 22.3 Å². The first-order valence-electron chi connectivity index (χ1n) is 6.70. The molecule has 0 atom stereocenters. The highest BCUT2D eigenvalue weighted by Crippen LogP contribution is 2.27. The molecule has 0 saturated carbocycles. The minimum atomic E-state index is 0.166. The van der Waals surface area contributed by atoms with Crippen LogP contribution in [-0.2, 0) is 4.79 Å². The molecule has 2 fully saturated rings. The Labute approximate surface area is 127 Å². The lowest BCUT2D eigenvalue weighted by Crippen LogP contribution is -2.56. The third kappa shape index (κ3) is 2.71. The molecule has 3 rings (SSSR count). The Morgan fingerprint density at radius 1 is 1.25 bits per heavy atom. The first kappa shape index (κ1) is 13.9. The van der Waals surface area contributed by atoms with Gasteiger partial charge in [0.25, 0.3) is 0 Å². The fourth-order valence-corrected chi connectivity index (χ4v) is 3.00. The Hall–Kier alpha value is -1.04. The van der Waals surface area contributed by atoms with Crippen LogP contribution >= 0.6 is 23.2 Å². The molecular formula is C13H16Cl2N4O. The average Bonchev–Trinajstić information content (AvgIpc) is 2.37. The molecule has 0 unspecified atom stereocenters. The quantitative estimate of drug-likeness (QED) is 0.892. The van der Waals surface area contributed by atoms with Crippen LogP contribution in [0, 0.1) is 5.92 Å². The van der Waals surface area contributed by atoms with Gasteiger partial charge in [0.1, 0.15) is 5.82 Å². The maximum absolute atomic E-state index is 12.1. The van der Waals surface area contributed by atoms with Crippen molar-refractivity contribution in [1.82, 2.24) is 15.2 Å². The molecule has 1 amide bonds. The van der Waals surface area contributed by atoms with E-state index in [4.69, 9.17) is 23.2 Å². The lowest BCUT2D eigenvalue weighted by Gasteiger charge is -2.39. The summed E-state index contributed by atoms with van der Waals surface area (Å²) in [7, 11) is 0. The molecule has 1 aromatic rings. The number of pyridine rings is 1. The van der Waals surface area contributed by atoms with Gasteiger partial charge in [0.2, 0.25) is 5.91 Å². The predicted octanol–water partition coefficient (Wildman–Crippen LogP) is 1.26. The smallest absolute Gasteiger partial charge is 0.228 e. The average molecular weight is 315 g/mol. The molecule has 20 heavy (non-hydrogen) atoms. The van der Waals surface area contributed by atoms with Crippen LogP contribution in [0.15, 0.2) is 12.3 Å². The third-order valence-electron chi connectivity index (χ3n) is 3.81. The molecule has 0 spiro atoms. The lowest BCUT2D eigenvalue weighted by atomic mass is 10.0. The summed E-state index contributed by atoms with van der Waals surface area (Å²) in [6.07, 6.45) is 1.60. The van der Waals surface area contributed by atoms with Crippen molar-refractivity contribution in [1.29, 1.82) is 0 Å². The zero-order chi connectivity index (χ0) is 14.1. The van der Waals surface area contributed by atoms with Crippen LogP contribution in [0.4, 0.5) is 5.82 Å². The molecule has 1 N–H and O–H groups in total. The molecule has 0 aliphatic carbocycles. The van der Waals surface area contributed by atoms with Crippen LogP contribution in [0.2, 0.25) is 10.0 Å². The van der Waals surface area contributed by atoms with E-state index >= 15 is 0 Å². The Morgan fingerprint density at radius 3 is 2.50 bits per heavy atom. The van der Waals surface area contributed by atoms with Crippen molar-refractivity contribution in [2.45, 2.75) is 0 Å². The number of hydrogen-bond donors (Lipinski definition) is 1. The molecule has 5 nitrogen and oxygen atoms in total. The summed E-state index contributed by atoms with van der Waals surface area (Å²) in [5, 5.41) is 4.22. The van der Waals surface area contributed by atoms with Gasteiger partial charge in [0.05, 0.1) is 16.0 Å². The summed E-state index contributed by atoms with van der Waals surface area (Å²) < 4.78 is 0. The van der Waals surface area contributed by atoms with Crippen LogP contribution in [0.25, 0.3) is 0 Å². The topological polar surface area (TPSA) is 48.5 Å². The second kappa shape index (κ2) is 5.76. The number of carbonyl (C=O) groups is 1. The second-order valence-corrected chi connectivity index (χ2v) is 5.97. The van der Waals surface area contributed by atoms with E-state index in [0.717, 1.165) is 45.1 Å². The van der Waals surface area contributed by atoms with Crippen molar-refractivity contribution in [2.75, 3.05) is 44.2 Å². The van der Waals surface area contributed by atoms with Crippen LogP contribution in [0.5, 0.6) is 0 Å². The highest BCUT2D eigenvalue weighted by Gasteiger charge is 2.31. The van der Waals surface area contributed by atoms with Gasteiger partial charge in [-0.05, 0) is 6.07 Å². The molecular weight excluding hydrogens is 299 g/mol. The van der Waals surface area contributed by atoms with Crippen LogP contribution in [0.1, 0.15) is 0 Å². The fourth-order valence-electron chi connectivity index (χ4n) is 2.50. The maximum Gasteiger partial charge on any atom is 0.228 e. The number of rotatable bonds is 2. The Balaban J connectivity index is 1.61. The van der Waals surface area contributed by atoms with E-state index in [1.807, 2.05) is 4.90 Å². The number of nitrogens with one attached hydrogen (secondary N) is 1. The van der Waals surface area contributed by atoms with Crippen molar-refractivity contribution < 1.29 is 4.79 Å². The molecule has 2 aliphatic rings. The van der Waals surface area contributed by atoms with Gasteiger partial charge in [0, 0.05) is 45.5 Å². The predicted molar refractivity (Wildman–Crippen MR) is 79.4 cm³/mol. The standard InChI is InChI=1S/C13H16Cl2N4O/c14-10-5-11(15)12(17-8-10)18-1-3-19(4-2-18)13(20)9-6-16-7-9/h5,8-9,16H,1-4,6-7H2. The van der Waals surface area contributed by atoms with Gasteiger partial charge in [-0.1, -0.05) is 23.2 Å². The molecule has 0 radical (unpaired) electrons. The summed E-state index contributed by atoms with van der Waals surface area (Å²) in [4.78, 5) is 20.5. The van der Waals surface area contributed by atoms with Crippen molar-refractivity contribution in [3.63, 3.8) is 0 Å². The van der Waals surface area contributed by atoms with Gasteiger partial charge in [-0.3, -0.25) is 4.79 Å². The van der Waals surface area contributed by atoms with Crippen LogP contribution < -0.4 is 10.2 Å². The van der Waals surface area contributed by atoms with E-state index < -0.39 is 0 Å². The highest BCUT2D eigenvalue weighted by molar-refractivity contribution is 6.36. The van der Waals surface area contributed by atoms with E-state index in [2.05, 4.69) is 15.2 Å². The summed E-state index contributed by atoms with van der Waals surface area (Å²) >= 11 is 12.0. The van der Waals surface area contributed by atoms with E-state index in [0.29, 0.717) is 10.0 Å². The largest absolute Gasteiger partial charge is 0.352 e. The molecule has 108 valence electrons. The van der Waals surface area contributed by atoms with E-state index in [1.54, 1.807) is 12.3 Å². The highest BCUT2D eigenvalue weighted by atomic mass is 35.5. The zero-order valence-electron chi connectivity index (χ0n) is 11.0. The van der Waals surface area contributed by atoms with E-state index in [-0.39, 0.29) is 11.8 Å². The molecule has 1 aromatic heterocycles. The van der Waals surface area contributed by atoms with Crippen LogP contribution in [0.3, 0.4) is 0 Å². The lowest BCUT2D eigenvalue weighted by molar-refractivity contribution is -0.137. The van der Waals surface area contributed by atoms with E-state index in [9.17, 15) is 4.79 Å². The van der Waals surface area contributed by atoms with Gasteiger partial charge in [-0.25, -0.2) is 4.98 Å². The molecule has 0 aromatic carbocycles. The van der Waals surface area contributed by atoms with Gasteiger partial charge in [0.15, 0.2) is 0 Å². The normalized spacial score (nSPS) is 19.9. The zero-order valence-corrected chi connectivity index (χ0v) is 12.5. The summed E-state index contributed by atoms with van der Waals surface area (Å²) in [6.45, 7) is 4.56. The third-order valence-corrected chi connectivity index (χ3v) is 4.29. The van der Waals surface area contributed by atoms with Crippen molar-refractivity contribution >= 4 is 34.9 Å². The number of aromatic nitrogens is 1. The first-order valence-corrected chi connectivity index (χ1v) is 7.46. The fraction of sp³-hybridized carbons (Fsp3) is 0.538. The van der Waals surface area contributed by atoms with Crippen molar-refractivity contribution in [2.24, 2.45) is 5.92 Å². The van der Waals surface area contributed by atoms with Gasteiger partial charge in [-0.2, -0.15) is 0 Å². The molecule has 3 heterocycles. The van der Waals surface area contributed by atoms with Gasteiger partial charge in [-0.15, -0.1) is 0 Å². The number of halogens is 2. The van der Waals surface area contributed by atoms with Crippen molar-refractivity contribution in [3.8, 4) is 0 Å². The number of carbonyl (C=O) groups excluding carboxylic acids is 1. The second-order valence-electron chi connectivity index (χ2n) is 5.13. The van der Waals surface area contributed by atoms with Gasteiger partial charge >= 0.3 is 0 Å². The van der Waals surface area contributed by atoms with E-state index in [1.165, 1.54) is 0 Å². The summed E-state index contributed by atoms with van der Waals surface area (Å²) in [6, 6.07) is 1.70. The molecule has 0 bridgehead atoms. The number of hydrogen-bond acceptors (Lipinski definition) is 4. The summed E-state index contributed by atoms with van der Waals surface area (Å²) in [5.41, 5.74) is 0. The Bertz CT molecular complexity index is 513. The minimum Gasteiger partial charge on any atom is -0.352 e. The Morgan fingerprint density at radius 2 is 1.95 bits per heavy atom. The molecule has 2 aliphatic heterocycles. The minimum absolute atomic E-state index is 0.166. The maximum atomic E-state index is 12.1.